The first-order valence-corrected chi connectivity index (χ1v) is 9.24. The van der Waals surface area contributed by atoms with Crippen LogP contribution in [0, 0.1) is 0 Å². The van der Waals surface area contributed by atoms with Gasteiger partial charge in [0.15, 0.2) is 0 Å². The van der Waals surface area contributed by atoms with Gasteiger partial charge in [-0.05, 0) is 89.1 Å². The SMILES string of the molecule is CCOc1c(Br)cc(CNCCCN(CC)CC)cc1Br.Cl.Cl. The molecule has 0 aromatic heterocycles. The zero-order valence-electron chi connectivity index (χ0n) is 14.0. The Morgan fingerprint density at radius 2 is 1.61 bits per heavy atom. The van der Waals surface area contributed by atoms with Crippen LogP contribution in [-0.4, -0.2) is 37.7 Å². The highest BCUT2D eigenvalue weighted by molar-refractivity contribution is 9.11. The molecule has 0 bridgehead atoms. The minimum atomic E-state index is 0. The van der Waals surface area contributed by atoms with E-state index < -0.39 is 0 Å². The number of hydrogen-bond acceptors (Lipinski definition) is 3. The van der Waals surface area contributed by atoms with Crippen molar-refractivity contribution in [3.8, 4) is 5.75 Å². The fourth-order valence-electron chi connectivity index (χ4n) is 2.20. The van der Waals surface area contributed by atoms with Crippen molar-refractivity contribution < 1.29 is 4.74 Å². The maximum Gasteiger partial charge on any atom is 0.147 e. The molecule has 0 saturated heterocycles. The van der Waals surface area contributed by atoms with Crippen LogP contribution >= 0.6 is 56.7 Å². The molecule has 1 aromatic carbocycles. The minimum Gasteiger partial charge on any atom is -0.492 e. The number of hydrogen-bond donors (Lipinski definition) is 1. The Labute approximate surface area is 170 Å². The molecule has 1 rings (SSSR count). The van der Waals surface area contributed by atoms with Gasteiger partial charge in [-0.3, -0.25) is 0 Å². The fraction of sp³-hybridized carbons (Fsp3) is 0.625. The lowest BCUT2D eigenvalue weighted by Crippen LogP contribution is -2.27. The van der Waals surface area contributed by atoms with Gasteiger partial charge in [-0.2, -0.15) is 0 Å². The van der Waals surface area contributed by atoms with Gasteiger partial charge in [0.25, 0.3) is 0 Å². The number of ether oxygens (including phenoxy) is 1. The van der Waals surface area contributed by atoms with E-state index in [4.69, 9.17) is 4.74 Å². The highest BCUT2D eigenvalue weighted by Gasteiger charge is 2.08. The number of halogens is 4. The monoisotopic (exact) mass is 492 g/mol. The van der Waals surface area contributed by atoms with Gasteiger partial charge in [-0.15, -0.1) is 24.8 Å². The fourth-order valence-corrected chi connectivity index (χ4v) is 3.71. The summed E-state index contributed by atoms with van der Waals surface area (Å²) in [6.07, 6.45) is 1.18. The second kappa shape index (κ2) is 14.8. The first kappa shape index (κ1) is 25.7. The third-order valence-corrected chi connectivity index (χ3v) is 4.58. The minimum absolute atomic E-state index is 0. The number of rotatable bonds is 10. The van der Waals surface area contributed by atoms with Crippen LogP contribution in [0.1, 0.15) is 32.8 Å². The van der Waals surface area contributed by atoms with Crippen molar-refractivity contribution in [2.24, 2.45) is 0 Å². The van der Waals surface area contributed by atoms with Crippen LogP contribution in [-0.2, 0) is 6.54 Å². The topological polar surface area (TPSA) is 24.5 Å². The van der Waals surface area contributed by atoms with Crippen LogP contribution in [0.4, 0.5) is 0 Å². The summed E-state index contributed by atoms with van der Waals surface area (Å²) in [7, 11) is 0. The van der Waals surface area contributed by atoms with Crippen LogP contribution in [0.2, 0.25) is 0 Å². The third-order valence-electron chi connectivity index (χ3n) is 3.40. The highest BCUT2D eigenvalue weighted by atomic mass is 79.9. The Balaban J connectivity index is 0. The zero-order valence-corrected chi connectivity index (χ0v) is 18.8. The Hall–Kier alpha value is 0.480. The molecule has 0 atom stereocenters. The van der Waals surface area contributed by atoms with Gasteiger partial charge in [0.2, 0.25) is 0 Å². The van der Waals surface area contributed by atoms with Crippen LogP contribution < -0.4 is 10.1 Å². The van der Waals surface area contributed by atoms with E-state index in [1.54, 1.807) is 0 Å². The van der Waals surface area contributed by atoms with Crippen molar-refractivity contribution in [1.82, 2.24) is 10.2 Å². The van der Waals surface area contributed by atoms with Crippen molar-refractivity contribution in [2.75, 3.05) is 32.8 Å². The van der Waals surface area contributed by atoms with E-state index in [2.05, 4.69) is 68.1 Å². The summed E-state index contributed by atoms with van der Waals surface area (Å²) in [5.41, 5.74) is 1.25. The van der Waals surface area contributed by atoms with Crippen molar-refractivity contribution in [3.05, 3.63) is 26.6 Å². The lowest BCUT2D eigenvalue weighted by atomic mass is 10.2. The van der Waals surface area contributed by atoms with E-state index in [1.807, 2.05) is 6.92 Å². The summed E-state index contributed by atoms with van der Waals surface area (Å²) < 4.78 is 7.59. The first-order chi connectivity index (χ1) is 10.1. The molecule has 0 amide bonds. The summed E-state index contributed by atoms with van der Waals surface area (Å²) in [6, 6.07) is 4.24. The van der Waals surface area contributed by atoms with Gasteiger partial charge in [0, 0.05) is 6.54 Å². The van der Waals surface area contributed by atoms with Crippen molar-refractivity contribution >= 4 is 56.7 Å². The standard InChI is InChI=1S/C16H26Br2N2O.2ClH/c1-4-20(5-2)9-7-8-19-12-13-10-14(17)16(21-6-3)15(18)11-13;;/h10-11,19H,4-9,12H2,1-3H3;2*1H. The highest BCUT2D eigenvalue weighted by Crippen LogP contribution is 2.34. The van der Waals surface area contributed by atoms with Gasteiger partial charge < -0.3 is 15.0 Å². The molecule has 0 fully saturated rings. The van der Waals surface area contributed by atoms with E-state index in [0.717, 1.165) is 47.4 Å². The Morgan fingerprint density at radius 1 is 1.04 bits per heavy atom. The molecule has 0 unspecified atom stereocenters. The molecule has 136 valence electrons. The predicted molar refractivity (Wildman–Crippen MR) is 112 cm³/mol. The maximum absolute atomic E-state index is 5.60. The van der Waals surface area contributed by atoms with Crippen molar-refractivity contribution in [3.63, 3.8) is 0 Å². The molecule has 0 aliphatic rings. The average Bonchev–Trinajstić information content (AvgIpc) is 2.47. The molecule has 1 aromatic rings. The molecule has 1 N–H and O–H groups in total. The summed E-state index contributed by atoms with van der Waals surface area (Å²) in [6.45, 7) is 12.4. The van der Waals surface area contributed by atoms with Crippen LogP contribution in [0.15, 0.2) is 21.1 Å². The normalized spacial score (nSPS) is 10.2. The van der Waals surface area contributed by atoms with Crippen LogP contribution in [0.25, 0.3) is 0 Å². The van der Waals surface area contributed by atoms with E-state index in [1.165, 1.54) is 12.0 Å². The molecular formula is C16H28Br2Cl2N2O. The number of nitrogens with zero attached hydrogens (tertiary/aromatic N) is 1. The quantitative estimate of drug-likeness (QED) is 0.448. The van der Waals surface area contributed by atoms with Gasteiger partial charge in [0.1, 0.15) is 5.75 Å². The molecule has 0 aliphatic heterocycles. The van der Waals surface area contributed by atoms with Crippen molar-refractivity contribution in [2.45, 2.75) is 33.7 Å². The molecule has 7 heteroatoms. The molecule has 0 radical (unpaired) electrons. The third kappa shape index (κ3) is 9.51. The van der Waals surface area contributed by atoms with E-state index >= 15 is 0 Å². The van der Waals surface area contributed by atoms with Gasteiger partial charge >= 0.3 is 0 Å². The Bertz CT molecular complexity index is 410. The average molecular weight is 495 g/mol. The van der Waals surface area contributed by atoms with Gasteiger partial charge in [0.05, 0.1) is 15.6 Å². The molecule has 0 heterocycles. The molecule has 23 heavy (non-hydrogen) atoms. The van der Waals surface area contributed by atoms with E-state index in [-0.39, 0.29) is 24.8 Å². The summed E-state index contributed by atoms with van der Waals surface area (Å²) in [5, 5.41) is 3.50. The Morgan fingerprint density at radius 3 is 2.09 bits per heavy atom. The summed E-state index contributed by atoms with van der Waals surface area (Å²) >= 11 is 7.14. The lowest BCUT2D eigenvalue weighted by Gasteiger charge is -2.17. The molecule has 3 nitrogen and oxygen atoms in total. The second-order valence-corrected chi connectivity index (χ2v) is 6.59. The van der Waals surface area contributed by atoms with Crippen LogP contribution in [0.5, 0.6) is 5.75 Å². The summed E-state index contributed by atoms with van der Waals surface area (Å²) in [5.74, 6) is 0.878. The molecule has 0 spiro atoms. The predicted octanol–water partition coefficient (Wildman–Crippen LogP) is 5.28. The lowest BCUT2D eigenvalue weighted by molar-refractivity contribution is 0.298. The maximum atomic E-state index is 5.60. The summed E-state index contributed by atoms with van der Waals surface area (Å²) in [4.78, 5) is 2.45. The van der Waals surface area contributed by atoms with Gasteiger partial charge in [-0.25, -0.2) is 0 Å². The zero-order chi connectivity index (χ0) is 15.7. The molecular weight excluding hydrogens is 467 g/mol. The molecule has 0 aliphatic carbocycles. The van der Waals surface area contributed by atoms with Crippen LogP contribution in [0.3, 0.4) is 0 Å². The largest absolute Gasteiger partial charge is 0.492 e. The number of benzene rings is 1. The van der Waals surface area contributed by atoms with E-state index in [9.17, 15) is 0 Å². The smallest absolute Gasteiger partial charge is 0.147 e. The number of nitrogens with one attached hydrogen (secondary N) is 1. The van der Waals surface area contributed by atoms with Crippen molar-refractivity contribution in [1.29, 1.82) is 0 Å². The van der Waals surface area contributed by atoms with E-state index in [0.29, 0.717) is 6.61 Å². The Kier molecular flexibility index (Phi) is 16.5. The second-order valence-electron chi connectivity index (χ2n) is 4.88. The molecule has 0 saturated carbocycles. The van der Waals surface area contributed by atoms with Gasteiger partial charge in [-0.1, -0.05) is 13.8 Å². The first-order valence-electron chi connectivity index (χ1n) is 7.66.